The van der Waals surface area contributed by atoms with Crippen LogP contribution in [0.15, 0.2) is 54.7 Å². The van der Waals surface area contributed by atoms with Crippen molar-refractivity contribution in [3.8, 4) is 16.9 Å². The molecule has 5 rings (SSSR count). The molecule has 204 valence electrons. The molecule has 4 aromatic rings. The van der Waals surface area contributed by atoms with Crippen LogP contribution in [0.3, 0.4) is 0 Å². The van der Waals surface area contributed by atoms with Gasteiger partial charge in [0.05, 0.1) is 23.1 Å². The maximum Gasteiger partial charge on any atom is 0.311 e. The highest BCUT2D eigenvalue weighted by Gasteiger charge is 2.32. The summed E-state index contributed by atoms with van der Waals surface area (Å²) in [5.41, 5.74) is 3.60. The zero-order valence-electron chi connectivity index (χ0n) is 23.6. The molecular formula is C33H36FNO4. The maximum absolute atomic E-state index is 14.9. The van der Waals surface area contributed by atoms with Crippen molar-refractivity contribution in [2.45, 2.75) is 66.3 Å². The third-order valence-corrected chi connectivity index (χ3v) is 6.95. The summed E-state index contributed by atoms with van der Waals surface area (Å²) >= 11 is 0. The Morgan fingerprint density at radius 2 is 1.85 bits per heavy atom. The molecule has 0 unspecified atom stereocenters. The standard InChI is InChI=1S/C33H36FNO4/c1-32(2,3)31(36)38-19-26(39-33(4,5)6)27-22(18-34)17-21-9-7-8-10-23(21)29(27)24-11-12-25-28-20(14-16-37-25)13-15-35-30(24)28/h7-13,15,17,26H,14,16,18-19H2,1-6H3/t26-/m1/s1. The summed E-state index contributed by atoms with van der Waals surface area (Å²) in [6.07, 6.45) is 1.92. The van der Waals surface area contributed by atoms with Crippen molar-refractivity contribution < 1.29 is 23.4 Å². The van der Waals surface area contributed by atoms with E-state index in [0.717, 1.165) is 45.0 Å². The van der Waals surface area contributed by atoms with Gasteiger partial charge in [0.1, 0.15) is 25.1 Å². The van der Waals surface area contributed by atoms with Crippen LogP contribution in [0, 0.1) is 5.41 Å². The third-order valence-electron chi connectivity index (χ3n) is 6.95. The SMILES string of the molecule is CC(C)(C)O[C@H](COC(=O)C(C)(C)C)c1c(CF)cc2ccccc2c1-c1ccc2c3c(ccnc13)CCO2. The molecule has 39 heavy (non-hydrogen) atoms. The van der Waals surface area contributed by atoms with Crippen molar-refractivity contribution in [1.82, 2.24) is 4.98 Å². The summed E-state index contributed by atoms with van der Waals surface area (Å²) in [6.45, 7) is 11.2. The lowest BCUT2D eigenvalue weighted by Crippen LogP contribution is -2.30. The van der Waals surface area contributed by atoms with E-state index < -0.39 is 23.8 Å². The zero-order chi connectivity index (χ0) is 27.9. The van der Waals surface area contributed by atoms with Gasteiger partial charge in [-0.1, -0.05) is 24.3 Å². The highest BCUT2D eigenvalue weighted by molar-refractivity contribution is 6.08. The largest absolute Gasteiger partial charge is 0.493 e. The van der Waals surface area contributed by atoms with Crippen LogP contribution in [-0.4, -0.2) is 29.8 Å². The number of aromatic nitrogens is 1. The smallest absolute Gasteiger partial charge is 0.311 e. The van der Waals surface area contributed by atoms with Gasteiger partial charge in [0.25, 0.3) is 0 Å². The molecule has 3 aromatic carbocycles. The van der Waals surface area contributed by atoms with Crippen LogP contribution in [0.1, 0.15) is 64.3 Å². The molecule has 1 aliphatic heterocycles. The predicted octanol–water partition coefficient (Wildman–Crippen LogP) is 7.90. The van der Waals surface area contributed by atoms with Crippen LogP contribution in [0.25, 0.3) is 32.8 Å². The van der Waals surface area contributed by atoms with Crippen LogP contribution in [0.4, 0.5) is 4.39 Å². The van der Waals surface area contributed by atoms with Crippen LogP contribution in [-0.2, 0) is 27.4 Å². The van der Waals surface area contributed by atoms with E-state index >= 15 is 0 Å². The number of hydrogen-bond acceptors (Lipinski definition) is 5. The van der Waals surface area contributed by atoms with Gasteiger partial charge < -0.3 is 14.2 Å². The van der Waals surface area contributed by atoms with Gasteiger partial charge >= 0.3 is 5.97 Å². The van der Waals surface area contributed by atoms with Gasteiger partial charge in [0.2, 0.25) is 0 Å². The fraction of sp³-hybridized carbons (Fsp3) is 0.394. The number of carbonyl (C=O) groups excluding carboxylic acids is 1. The Kier molecular flexibility index (Phi) is 7.10. The predicted molar refractivity (Wildman–Crippen MR) is 153 cm³/mol. The van der Waals surface area contributed by atoms with Crippen molar-refractivity contribution in [2.24, 2.45) is 5.41 Å². The van der Waals surface area contributed by atoms with Crippen LogP contribution in [0.2, 0.25) is 0 Å². The summed E-state index contributed by atoms with van der Waals surface area (Å²) in [4.78, 5) is 17.6. The number of benzene rings is 3. The van der Waals surface area contributed by atoms with Crippen LogP contribution >= 0.6 is 0 Å². The molecule has 6 heteroatoms. The number of esters is 1. The molecule has 2 heterocycles. The molecule has 0 amide bonds. The van der Waals surface area contributed by atoms with E-state index in [-0.39, 0.29) is 12.6 Å². The number of nitrogens with zero attached hydrogens (tertiary/aromatic N) is 1. The fourth-order valence-electron chi connectivity index (χ4n) is 5.26. The molecule has 1 aromatic heterocycles. The minimum absolute atomic E-state index is 0.0382. The number of carbonyl (C=O) groups is 1. The van der Waals surface area contributed by atoms with Crippen LogP contribution in [0.5, 0.6) is 5.75 Å². The average molecular weight is 530 g/mol. The molecule has 0 saturated heterocycles. The molecular weight excluding hydrogens is 493 g/mol. The monoisotopic (exact) mass is 529 g/mol. The topological polar surface area (TPSA) is 57.7 Å². The van der Waals surface area contributed by atoms with Crippen molar-refractivity contribution in [3.63, 3.8) is 0 Å². The second kappa shape index (κ2) is 10.2. The summed E-state index contributed by atoms with van der Waals surface area (Å²) < 4.78 is 33.2. The first-order chi connectivity index (χ1) is 18.5. The van der Waals surface area contributed by atoms with E-state index in [4.69, 9.17) is 19.2 Å². The van der Waals surface area contributed by atoms with Crippen molar-refractivity contribution >= 4 is 27.6 Å². The number of halogens is 1. The lowest BCUT2D eigenvalue weighted by atomic mass is 9.85. The second-order valence-electron chi connectivity index (χ2n) is 12.1. The molecule has 0 aliphatic carbocycles. The Morgan fingerprint density at radius 3 is 2.56 bits per heavy atom. The number of fused-ring (bicyclic) bond motifs is 1. The highest BCUT2D eigenvalue weighted by atomic mass is 19.1. The first-order valence-electron chi connectivity index (χ1n) is 13.5. The molecule has 1 aliphatic rings. The summed E-state index contributed by atoms with van der Waals surface area (Å²) in [7, 11) is 0. The Bertz CT molecular complexity index is 1540. The van der Waals surface area contributed by atoms with Gasteiger partial charge in [-0.25, -0.2) is 4.39 Å². The van der Waals surface area contributed by atoms with Gasteiger partial charge in [0.15, 0.2) is 0 Å². The maximum atomic E-state index is 14.9. The molecule has 0 fully saturated rings. The van der Waals surface area contributed by atoms with Crippen molar-refractivity contribution in [3.05, 3.63) is 71.4 Å². The fourth-order valence-corrected chi connectivity index (χ4v) is 5.26. The molecule has 5 nitrogen and oxygen atoms in total. The summed E-state index contributed by atoms with van der Waals surface area (Å²) in [6, 6.07) is 15.8. The van der Waals surface area contributed by atoms with E-state index in [1.807, 2.05) is 96.3 Å². The highest BCUT2D eigenvalue weighted by Crippen LogP contribution is 2.45. The number of pyridine rings is 1. The first kappa shape index (κ1) is 27.1. The first-order valence-corrected chi connectivity index (χ1v) is 13.5. The van der Waals surface area contributed by atoms with Gasteiger partial charge in [-0.05, 0) is 98.8 Å². The summed E-state index contributed by atoms with van der Waals surface area (Å²) in [5, 5.41) is 2.85. The van der Waals surface area contributed by atoms with Gasteiger partial charge in [-0.3, -0.25) is 9.78 Å². The quantitative estimate of drug-likeness (QED) is 0.238. The van der Waals surface area contributed by atoms with Crippen molar-refractivity contribution in [2.75, 3.05) is 13.2 Å². The normalized spacial score (nSPS) is 14.3. The number of hydrogen-bond donors (Lipinski definition) is 0. The molecule has 0 saturated carbocycles. The minimum atomic E-state index is -0.705. The van der Waals surface area contributed by atoms with Crippen molar-refractivity contribution in [1.29, 1.82) is 0 Å². The molecule has 0 bridgehead atoms. The van der Waals surface area contributed by atoms with E-state index in [2.05, 4.69) is 0 Å². The van der Waals surface area contributed by atoms with E-state index in [9.17, 15) is 9.18 Å². The van der Waals surface area contributed by atoms with Gasteiger partial charge in [-0.15, -0.1) is 0 Å². The second-order valence-corrected chi connectivity index (χ2v) is 12.1. The van der Waals surface area contributed by atoms with Gasteiger partial charge in [0, 0.05) is 23.6 Å². The third kappa shape index (κ3) is 5.35. The zero-order valence-corrected chi connectivity index (χ0v) is 23.6. The lowest BCUT2D eigenvalue weighted by Gasteiger charge is -2.32. The average Bonchev–Trinajstić information content (AvgIpc) is 2.89. The number of rotatable bonds is 6. The Hall–Kier alpha value is -3.51. The van der Waals surface area contributed by atoms with E-state index in [1.54, 1.807) is 0 Å². The summed E-state index contributed by atoms with van der Waals surface area (Å²) in [5.74, 6) is 0.465. The Balaban J connectivity index is 1.81. The lowest BCUT2D eigenvalue weighted by molar-refractivity contribution is -0.162. The Labute approximate surface area is 229 Å². The van der Waals surface area contributed by atoms with E-state index in [0.29, 0.717) is 17.7 Å². The number of ether oxygens (including phenoxy) is 3. The molecule has 0 radical (unpaired) electrons. The molecule has 0 N–H and O–H groups in total. The number of alkyl halides is 1. The van der Waals surface area contributed by atoms with E-state index in [1.165, 1.54) is 5.56 Å². The molecule has 0 spiro atoms. The van der Waals surface area contributed by atoms with Gasteiger partial charge in [-0.2, -0.15) is 0 Å². The molecule has 1 atom stereocenters. The Morgan fingerprint density at radius 1 is 1.08 bits per heavy atom. The minimum Gasteiger partial charge on any atom is -0.493 e. The van der Waals surface area contributed by atoms with Crippen LogP contribution < -0.4 is 4.74 Å².